The van der Waals surface area contributed by atoms with Crippen molar-refractivity contribution in [2.45, 2.75) is 37.7 Å². The highest BCUT2D eigenvalue weighted by Crippen LogP contribution is 2.46. The van der Waals surface area contributed by atoms with E-state index in [2.05, 4.69) is 0 Å². The Hall–Kier alpha value is -1.51. The van der Waals surface area contributed by atoms with Crippen molar-refractivity contribution in [1.82, 2.24) is 0 Å². The number of carboxylic acid groups (broad SMARTS) is 1. The molecular weight excluding hydrogens is 204 g/mol. The molecule has 1 N–H and O–H groups in total. The first-order valence-electron chi connectivity index (χ1n) is 5.80. The highest BCUT2D eigenvalue weighted by Gasteiger charge is 2.37. The molecule has 2 unspecified atom stereocenters. The number of carboxylic acids is 1. The molecule has 3 nitrogen and oxygen atoms in total. The molecule has 0 aromatic heterocycles. The van der Waals surface area contributed by atoms with Crippen LogP contribution in [0.3, 0.4) is 0 Å². The van der Waals surface area contributed by atoms with E-state index in [1.54, 1.807) is 6.07 Å². The number of benzene rings is 1. The number of ether oxygens (including phenoxy) is 1. The molecule has 1 aromatic carbocycles. The van der Waals surface area contributed by atoms with E-state index in [0.29, 0.717) is 17.2 Å². The molecule has 2 atom stereocenters. The highest BCUT2D eigenvalue weighted by atomic mass is 16.5. The van der Waals surface area contributed by atoms with Crippen molar-refractivity contribution in [2.75, 3.05) is 0 Å². The van der Waals surface area contributed by atoms with Gasteiger partial charge in [-0.05, 0) is 25.3 Å². The molecule has 3 heteroatoms. The van der Waals surface area contributed by atoms with Gasteiger partial charge in [-0.2, -0.15) is 0 Å². The molecule has 0 radical (unpaired) electrons. The molecule has 2 aliphatic rings. The average Bonchev–Trinajstić information content (AvgIpc) is 2.67. The van der Waals surface area contributed by atoms with Crippen LogP contribution >= 0.6 is 0 Å². The van der Waals surface area contributed by atoms with Crippen molar-refractivity contribution >= 4 is 5.97 Å². The van der Waals surface area contributed by atoms with Gasteiger partial charge in [0, 0.05) is 11.5 Å². The highest BCUT2D eigenvalue weighted by molar-refractivity contribution is 5.91. The molecule has 0 saturated heterocycles. The maximum atomic E-state index is 11.1. The molecule has 1 aliphatic heterocycles. The van der Waals surface area contributed by atoms with Gasteiger partial charge in [0.1, 0.15) is 17.4 Å². The lowest BCUT2D eigenvalue weighted by molar-refractivity contribution is 0.0689. The fourth-order valence-electron chi connectivity index (χ4n) is 2.89. The van der Waals surface area contributed by atoms with E-state index < -0.39 is 5.97 Å². The van der Waals surface area contributed by atoms with E-state index in [9.17, 15) is 4.79 Å². The second-order valence-corrected chi connectivity index (χ2v) is 4.58. The zero-order valence-electron chi connectivity index (χ0n) is 8.98. The SMILES string of the molecule is O=C(O)c1cccc2c1OC1CCCCC21. The minimum atomic E-state index is -0.893. The van der Waals surface area contributed by atoms with Gasteiger partial charge in [-0.15, -0.1) is 0 Å². The first-order valence-corrected chi connectivity index (χ1v) is 5.80. The summed E-state index contributed by atoms with van der Waals surface area (Å²) in [6.07, 6.45) is 4.81. The first kappa shape index (κ1) is 9.70. The molecule has 0 spiro atoms. The number of rotatable bonds is 1. The summed E-state index contributed by atoms with van der Waals surface area (Å²) in [5, 5.41) is 9.10. The van der Waals surface area contributed by atoms with Crippen molar-refractivity contribution in [2.24, 2.45) is 0 Å². The Kier molecular flexibility index (Phi) is 2.13. The lowest BCUT2D eigenvalue weighted by atomic mass is 9.83. The van der Waals surface area contributed by atoms with Gasteiger partial charge in [0.15, 0.2) is 0 Å². The number of aromatic carboxylic acids is 1. The molecule has 16 heavy (non-hydrogen) atoms. The number of hydrogen-bond acceptors (Lipinski definition) is 2. The smallest absolute Gasteiger partial charge is 0.339 e. The quantitative estimate of drug-likeness (QED) is 0.788. The van der Waals surface area contributed by atoms with Crippen LogP contribution in [0, 0.1) is 0 Å². The largest absolute Gasteiger partial charge is 0.489 e. The molecular formula is C13H14O3. The van der Waals surface area contributed by atoms with E-state index >= 15 is 0 Å². The maximum absolute atomic E-state index is 11.1. The van der Waals surface area contributed by atoms with Gasteiger partial charge in [0.2, 0.25) is 0 Å². The Balaban J connectivity index is 2.07. The minimum absolute atomic E-state index is 0.212. The van der Waals surface area contributed by atoms with Crippen LogP contribution in [-0.2, 0) is 0 Å². The zero-order chi connectivity index (χ0) is 11.1. The van der Waals surface area contributed by atoms with Gasteiger partial charge in [0.25, 0.3) is 0 Å². The van der Waals surface area contributed by atoms with Crippen molar-refractivity contribution < 1.29 is 14.6 Å². The van der Waals surface area contributed by atoms with E-state index in [1.807, 2.05) is 12.1 Å². The Bertz CT molecular complexity index is 439. The normalized spacial score (nSPS) is 26.8. The van der Waals surface area contributed by atoms with Crippen LogP contribution in [0.4, 0.5) is 0 Å². The summed E-state index contributed by atoms with van der Waals surface area (Å²) < 4.78 is 5.82. The summed E-state index contributed by atoms with van der Waals surface area (Å²) in [6, 6.07) is 5.46. The van der Waals surface area contributed by atoms with Crippen LogP contribution in [-0.4, -0.2) is 17.2 Å². The molecule has 0 bridgehead atoms. The fourth-order valence-corrected chi connectivity index (χ4v) is 2.89. The second-order valence-electron chi connectivity index (χ2n) is 4.58. The Morgan fingerprint density at radius 2 is 2.12 bits per heavy atom. The summed E-state index contributed by atoms with van der Waals surface area (Å²) >= 11 is 0. The van der Waals surface area contributed by atoms with Crippen LogP contribution in [0.1, 0.15) is 47.5 Å². The molecule has 0 amide bonds. The summed E-state index contributed by atoms with van der Waals surface area (Å²) in [7, 11) is 0. The number of carbonyl (C=O) groups is 1. The predicted molar refractivity (Wildman–Crippen MR) is 59.0 cm³/mol. The van der Waals surface area contributed by atoms with E-state index in [4.69, 9.17) is 9.84 Å². The standard InChI is InChI=1S/C13H14O3/c14-13(15)10-6-3-5-9-8-4-1-2-7-11(8)16-12(9)10/h3,5-6,8,11H,1-2,4,7H2,(H,14,15). The summed E-state index contributed by atoms with van der Waals surface area (Å²) in [6.45, 7) is 0. The predicted octanol–water partition coefficient (Wildman–Crippen LogP) is 2.80. The molecule has 3 rings (SSSR count). The summed E-state index contributed by atoms with van der Waals surface area (Å²) in [5.41, 5.74) is 1.41. The molecule has 1 heterocycles. The molecule has 1 saturated carbocycles. The van der Waals surface area contributed by atoms with Crippen LogP contribution in [0.25, 0.3) is 0 Å². The first-order chi connectivity index (χ1) is 7.77. The van der Waals surface area contributed by atoms with Gasteiger partial charge in [-0.25, -0.2) is 4.79 Å². The summed E-state index contributed by atoms with van der Waals surface area (Å²) in [5.74, 6) is 0.144. The van der Waals surface area contributed by atoms with Crippen LogP contribution in [0.15, 0.2) is 18.2 Å². The monoisotopic (exact) mass is 218 g/mol. The third-order valence-electron chi connectivity index (χ3n) is 3.65. The summed E-state index contributed by atoms with van der Waals surface area (Å²) in [4.78, 5) is 11.1. The van der Waals surface area contributed by atoms with E-state index in [1.165, 1.54) is 12.8 Å². The Morgan fingerprint density at radius 3 is 2.94 bits per heavy atom. The van der Waals surface area contributed by atoms with Crippen molar-refractivity contribution in [3.05, 3.63) is 29.3 Å². The van der Waals surface area contributed by atoms with Crippen molar-refractivity contribution in [3.8, 4) is 5.75 Å². The number of para-hydroxylation sites is 1. The third kappa shape index (κ3) is 1.31. The topological polar surface area (TPSA) is 46.5 Å². The third-order valence-corrected chi connectivity index (χ3v) is 3.65. The lowest BCUT2D eigenvalue weighted by Crippen LogP contribution is -2.22. The van der Waals surface area contributed by atoms with Crippen LogP contribution < -0.4 is 4.74 Å². The maximum Gasteiger partial charge on any atom is 0.339 e. The number of hydrogen-bond donors (Lipinski definition) is 1. The molecule has 1 aromatic rings. The van der Waals surface area contributed by atoms with Gasteiger partial charge in [-0.1, -0.05) is 18.6 Å². The van der Waals surface area contributed by atoms with Gasteiger partial charge in [0.05, 0.1) is 0 Å². The van der Waals surface area contributed by atoms with E-state index in [-0.39, 0.29) is 6.10 Å². The van der Waals surface area contributed by atoms with Crippen molar-refractivity contribution in [1.29, 1.82) is 0 Å². The Labute approximate surface area is 94.0 Å². The second kappa shape index (κ2) is 3.51. The lowest BCUT2D eigenvalue weighted by Gasteiger charge is -2.23. The van der Waals surface area contributed by atoms with E-state index in [0.717, 1.165) is 18.4 Å². The fraction of sp³-hybridized carbons (Fsp3) is 0.462. The molecule has 1 aliphatic carbocycles. The van der Waals surface area contributed by atoms with Crippen LogP contribution in [0.2, 0.25) is 0 Å². The molecule has 1 fully saturated rings. The van der Waals surface area contributed by atoms with Gasteiger partial charge in [-0.3, -0.25) is 0 Å². The average molecular weight is 218 g/mol. The number of fused-ring (bicyclic) bond motifs is 3. The zero-order valence-corrected chi connectivity index (χ0v) is 8.98. The van der Waals surface area contributed by atoms with Crippen molar-refractivity contribution in [3.63, 3.8) is 0 Å². The van der Waals surface area contributed by atoms with Gasteiger partial charge < -0.3 is 9.84 Å². The Morgan fingerprint density at radius 1 is 1.31 bits per heavy atom. The minimum Gasteiger partial charge on any atom is -0.489 e. The van der Waals surface area contributed by atoms with Gasteiger partial charge >= 0.3 is 5.97 Å². The molecule has 84 valence electrons. The van der Waals surface area contributed by atoms with Crippen LogP contribution in [0.5, 0.6) is 5.75 Å².